The summed E-state index contributed by atoms with van der Waals surface area (Å²) in [5, 5.41) is 14.1. The summed E-state index contributed by atoms with van der Waals surface area (Å²) < 4.78 is 2.04. The highest BCUT2D eigenvalue weighted by Gasteiger charge is 2.49. The Labute approximate surface area is 143 Å². The van der Waals surface area contributed by atoms with E-state index in [-0.39, 0.29) is 12.0 Å². The number of benzene rings is 1. The molecule has 0 bridgehead atoms. The molecule has 24 heavy (non-hydrogen) atoms. The predicted molar refractivity (Wildman–Crippen MR) is 93.7 cm³/mol. The highest BCUT2D eigenvalue weighted by molar-refractivity contribution is 5.39. The first-order valence-electron chi connectivity index (χ1n) is 9.09. The third-order valence-corrected chi connectivity index (χ3v) is 5.34. The number of aliphatic hydroxyl groups is 1. The summed E-state index contributed by atoms with van der Waals surface area (Å²) in [6, 6.07) is 10.6. The van der Waals surface area contributed by atoms with Crippen molar-refractivity contribution in [3.63, 3.8) is 0 Å². The summed E-state index contributed by atoms with van der Waals surface area (Å²) in [5.74, 6) is 2.64. The lowest BCUT2D eigenvalue weighted by Gasteiger charge is -2.11. The maximum atomic E-state index is 9.19. The zero-order valence-corrected chi connectivity index (χ0v) is 14.1. The lowest BCUT2D eigenvalue weighted by atomic mass is 9.95. The molecule has 0 unspecified atom stereocenters. The van der Waals surface area contributed by atoms with E-state index >= 15 is 0 Å². The predicted octanol–water partition coefficient (Wildman–Crippen LogP) is 3.25. The van der Waals surface area contributed by atoms with E-state index < -0.39 is 0 Å². The van der Waals surface area contributed by atoms with Crippen LogP contribution in [0.25, 0.3) is 0 Å². The molecule has 0 saturated heterocycles. The van der Waals surface area contributed by atoms with E-state index in [1.165, 1.54) is 18.4 Å². The van der Waals surface area contributed by atoms with Gasteiger partial charge in [-0.05, 0) is 43.6 Å². The molecule has 1 atom stereocenters. The van der Waals surface area contributed by atoms with Gasteiger partial charge in [0.25, 0.3) is 0 Å². The first-order valence-corrected chi connectivity index (χ1v) is 9.09. The molecular weight excluding hydrogens is 298 g/mol. The Kier molecular flexibility index (Phi) is 4.23. The van der Waals surface area contributed by atoms with E-state index in [2.05, 4.69) is 42.5 Å². The molecule has 126 valence electrons. The standard InChI is InChI=1S/C20H25N3O/c24-14-6-13-23-18(15-16-7-4-5-8-16)21-19(22-23)20(11-12-20)17-9-2-1-3-10-17/h1-4,7,9-10,16,24H,5-6,8,11-15H2/t16-/m0/s1. The van der Waals surface area contributed by atoms with Crippen molar-refractivity contribution < 1.29 is 5.11 Å². The summed E-state index contributed by atoms with van der Waals surface area (Å²) in [6.45, 7) is 0.946. The summed E-state index contributed by atoms with van der Waals surface area (Å²) in [4.78, 5) is 4.97. The van der Waals surface area contributed by atoms with E-state index in [1.807, 2.05) is 4.68 Å². The van der Waals surface area contributed by atoms with Gasteiger partial charge in [-0.1, -0.05) is 42.5 Å². The number of rotatable bonds is 7. The van der Waals surface area contributed by atoms with Gasteiger partial charge in [-0.3, -0.25) is 0 Å². The second-order valence-electron chi connectivity index (χ2n) is 7.07. The molecule has 2 aliphatic carbocycles. The Bertz CT molecular complexity index is 716. The van der Waals surface area contributed by atoms with Crippen molar-refractivity contribution in [2.24, 2.45) is 5.92 Å². The van der Waals surface area contributed by atoms with Crippen LogP contribution >= 0.6 is 0 Å². The van der Waals surface area contributed by atoms with Crippen LogP contribution in [-0.4, -0.2) is 26.5 Å². The minimum atomic E-state index is 0.0198. The van der Waals surface area contributed by atoms with Gasteiger partial charge in [0.15, 0.2) is 5.82 Å². The second-order valence-corrected chi connectivity index (χ2v) is 7.07. The number of allylic oxidation sites excluding steroid dienone is 2. The van der Waals surface area contributed by atoms with Gasteiger partial charge < -0.3 is 5.11 Å². The fourth-order valence-electron chi connectivity index (χ4n) is 3.75. The largest absolute Gasteiger partial charge is 0.396 e. The number of aromatic nitrogens is 3. The number of aryl methyl sites for hydroxylation is 1. The molecule has 0 aliphatic heterocycles. The molecule has 1 saturated carbocycles. The fourth-order valence-corrected chi connectivity index (χ4v) is 3.75. The molecule has 0 radical (unpaired) electrons. The molecule has 4 rings (SSSR count). The van der Waals surface area contributed by atoms with Gasteiger partial charge in [0.05, 0.1) is 5.41 Å². The second kappa shape index (κ2) is 6.52. The monoisotopic (exact) mass is 323 g/mol. The Morgan fingerprint density at radius 3 is 2.71 bits per heavy atom. The third-order valence-electron chi connectivity index (χ3n) is 5.34. The van der Waals surface area contributed by atoms with Gasteiger partial charge in [-0.2, -0.15) is 5.10 Å². The van der Waals surface area contributed by atoms with Crippen LogP contribution in [0.5, 0.6) is 0 Å². The Morgan fingerprint density at radius 2 is 2.04 bits per heavy atom. The van der Waals surface area contributed by atoms with Crippen LogP contribution in [0.3, 0.4) is 0 Å². The molecule has 0 amide bonds. The normalized spacial score (nSPS) is 21.3. The van der Waals surface area contributed by atoms with Gasteiger partial charge in [0, 0.05) is 19.6 Å². The minimum absolute atomic E-state index is 0.0198. The summed E-state index contributed by atoms with van der Waals surface area (Å²) in [5.41, 5.74) is 1.35. The van der Waals surface area contributed by atoms with Crippen molar-refractivity contribution in [3.8, 4) is 0 Å². The van der Waals surface area contributed by atoms with Gasteiger partial charge in [0.1, 0.15) is 5.82 Å². The van der Waals surface area contributed by atoms with Crippen LogP contribution in [-0.2, 0) is 18.4 Å². The highest BCUT2D eigenvalue weighted by Crippen LogP contribution is 2.52. The number of hydrogen-bond donors (Lipinski definition) is 1. The molecule has 2 aromatic rings. The topological polar surface area (TPSA) is 50.9 Å². The van der Waals surface area contributed by atoms with Crippen molar-refractivity contribution in [3.05, 3.63) is 59.7 Å². The van der Waals surface area contributed by atoms with Crippen LogP contribution in [0, 0.1) is 5.92 Å². The van der Waals surface area contributed by atoms with Gasteiger partial charge >= 0.3 is 0 Å². The molecule has 1 fully saturated rings. The van der Waals surface area contributed by atoms with Gasteiger partial charge in [0.2, 0.25) is 0 Å². The van der Waals surface area contributed by atoms with Crippen LogP contribution in [0.15, 0.2) is 42.5 Å². The minimum Gasteiger partial charge on any atom is -0.396 e. The maximum Gasteiger partial charge on any atom is 0.161 e. The molecular formula is C20H25N3O. The van der Waals surface area contributed by atoms with Crippen molar-refractivity contribution in [2.75, 3.05) is 6.61 Å². The third kappa shape index (κ3) is 2.91. The lowest BCUT2D eigenvalue weighted by Crippen LogP contribution is -2.12. The number of hydrogen-bond acceptors (Lipinski definition) is 3. The van der Waals surface area contributed by atoms with Crippen LogP contribution in [0.2, 0.25) is 0 Å². The van der Waals surface area contributed by atoms with E-state index in [4.69, 9.17) is 10.1 Å². The van der Waals surface area contributed by atoms with Crippen LogP contribution in [0.1, 0.15) is 49.3 Å². The molecule has 1 heterocycles. The summed E-state index contributed by atoms with van der Waals surface area (Å²) in [7, 11) is 0. The molecule has 1 aromatic heterocycles. The SMILES string of the molecule is OCCCn1nc(C2(c3ccccc3)CC2)nc1C[C@H]1C=CCC1. The molecule has 1 N–H and O–H groups in total. The van der Waals surface area contributed by atoms with Gasteiger partial charge in [-0.15, -0.1) is 0 Å². The van der Waals surface area contributed by atoms with Crippen molar-refractivity contribution >= 4 is 0 Å². The van der Waals surface area contributed by atoms with E-state index in [1.54, 1.807) is 0 Å². The molecule has 0 spiro atoms. The average Bonchev–Trinajstić information content (AvgIpc) is 3.08. The smallest absolute Gasteiger partial charge is 0.161 e. The number of aliphatic hydroxyl groups excluding tert-OH is 1. The maximum absolute atomic E-state index is 9.19. The zero-order chi connectivity index (χ0) is 16.4. The Balaban J connectivity index is 1.63. The van der Waals surface area contributed by atoms with Crippen molar-refractivity contribution in [1.29, 1.82) is 0 Å². The summed E-state index contributed by atoms with van der Waals surface area (Å²) in [6.07, 6.45) is 10.9. The summed E-state index contributed by atoms with van der Waals surface area (Å²) >= 11 is 0. The highest BCUT2D eigenvalue weighted by atomic mass is 16.3. The molecule has 1 aromatic carbocycles. The molecule has 4 nitrogen and oxygen atoms in total. The quantitative estimate of drug-likeness (QED) is 0.796. The first-order chi connectivity index (χ1) is 11.8. The van der Waals surface area contributed by atoms with Crippen molar-refractivity contribution in [1.82, 2.24) is 14.8 Å². The van der Waals surface area contributed by atoms with E-state index in [9.17, 15) is 5.11 Å². The van der Waals surface area contributed by atoms with Crippen LogP contribution in [0.4, 0.5) is 0 Å². The number of nitrogens with zero attached hydrogens (tertiary/aromatic N) is 3. The first kappa shape index (κ1) is 15.6. The van der Waals surface area contributed by atoms with Crippen LogP contribution < -0.4 is 0 Å². The van der Waals surface area contributed by atoms with E-state index in [0.717, 1.165) is 43.9 Å². The van der Waals surface area contributed by atoms with E-state index in [0.29, 0.717) is 5.92 Å². The Hall–Kier alpha value is -1.94. The lowest BCUT2D eigenvalue weighted by molar-refractivity contribution is 0.275. The van der Waals surface area contributed by atoms with Gasteiger partial charge in [-0.25, -0.2) is 9.67 Å². The van der Waals surface area contributed by atoms with Crippen molar-refractivity contribution in [2.45, 2.75) is 50.5 Å². The molecule has 2 aliphatic rings. The fraction of sp³-hybridized carbons (Fsp3) is 0.500. The Morgan fingerprint density at radius 1 is 1.21 bits per heavy atom. The average molecular weight is 323 g/mol. The zero-order valence-electron chi connectivity index (χ0n) is 14.1. The molecule has 4 heteroatoms.